The average molecular weight is 189 g/mol. The van der Waals surface area contributed by atoms with Crippen LogP contribution in [0.1, 0.15) is 6.92 Å². The van der Waals surface area contributed by atoms with Gasteiger partial charge in [0.15, 0.2) is 0 Å². The minimum Gasteiger partial charge on any atom is -0.388 e. The van der Waals surface area contributed by atoms with Crippen LogP contribution in [0.5, 0.6) is 0 Å². The van der Waals surface area contributed by atoms with Gasteiger partial charge in [-0.2, -0.15) is 0 Å². The monoisotopic (exact) mass is 188 g/mol. The summed E-state index contributed by atoms with van der Waals surface area (Å²) in [6.07, 6.45) is 1.89. The zero-order chi connectivity index (χ0) is 8.43. The molecule has 0 aliphatic carbocycles. The summed E-state index contributed by atoms with van der Waals surface area (Å²) in [4.78, 5) is 1.85. The summed E-state index contributed by atoms with van der Waals surface area (Å²) in [7, 11) is 0. The van der Waals surface area contributed by atoms with E-state index in [0.29, 0.717) is 5.16 Å². The predicted molar refractivity (Wildman–Crippen MR) is 50.5 cm³/mol. The van der Waals surface area contributed by atoms with Crippen molar-refractivity contribution in [2.45, 2.75) is 6.92 Å². The lowest BCUT2D eigenvalue weighted by Crippen LogP contribution is -2.11. The normalized spacial score (nSPS) is 19.1. The quantitative estimate of drug-likeness (QED) is 0.641. The number of hydrogen-bond donors (Lipinski definition) is 1. The highest BCUT2D eigenvalue weighted by molar-refractivity contribution is 8.06. The van der Waals surface area contributed by atoms with Crippen LogP contribution in [0.3, 0.4) is 0 Å². The third kappa shape index (κ3) is 1.73. The Morgan fingerprint density at radius 3 is 2.82 bits per heavy atom. The van der Waals surface area contributed by atoms with Crippen LogP contribution in [-0.2, 0) is 0 Å². The first-order valence-electron chi connectivity index (χ1n) is 3.06. The molecule has 0 amide bonds. The largest absolute Gasteiger partial charge is 0.388 e. The molecule has 0 atom stereocenters. The molecule has 0 saturated carbocycles. The molecule has 0 aromatic carbocycles. The first-order valence-corrected chi connectivity index (χ1v) is 4.32. The third-order valence-corrected chi connectivity index (χ3v) is 2.39. The van der Waals surface area contributed by atoms with Crippen LogP contribution in [0.2, 0.25) is 0 Å². The van der Waals surface area contributed by atoms with E-state index in [1.165, 1.54) is 0 Å². The van der Waals surface area contributed by atoms with E-state index in [0.717, 1.165) is 10.7 Å². The lowest BCUT2D eigenvalue weighted by Gasteiger charge is -2.16. The minimum absolute atomic E-state index is 0.304. The van der Waals surface area contributed by atoms with E-state index in [2.05, 4.69) is 6.58 Å². The van der Waals surface area contributed by atoms with Gasteiger partial charge in [0.1, 0.15) is 5.16 Å². The highest BCUT2D eigenvalue weighted by Gasteiger charge is 2.12. The zero-order valence-corrected chi connectivity index (χ0v) is 7.75. The molecule has 2 nitrogen and oxygen atoms in total. The summed E-state index contributed by atoms with van der Waals surface area (Å²) < 4.78 is 0. The highest BCUT2D eigenvalue weighted by atomic mass is 35.5. The molecule has 1 aliphatic heterocycles. The standard InChI is InChI=1S/C7H9ClN2S/c1-5(7(8)9)10-3-4-11-6(10)2/h3-4H,2,9H2,1H3/b7-5-. The van der Waals surface area contributed by atoms with Gasteiger partial charge < -0.3 is 10.6 Å². The van der Waals surface area contributed by atoms with Gasteiger partial charge in [-0.25, -0.2) is 0 Å². The molecule has 0 bridgehead atoms. The Morgan fingerprint density at radius 1 is 1.82 bits per heavy atom. The van der Waals surface area contributed by atoms with Crippen molar-refractivity contribution in [3.8, 4) is 0 Å². The number of nitrogens with zero attached hydrogens (tertiary/aromatic N) is 1. The fourth-order valence-corrected chi connectivity index (χ4v) is 1.47. The maximum atomic E-state index is 5.61. The fraction of sp³-hybridized carbons (Fsp3) is 0.143. The summed E-state index contributed by atoms with van der Waals surface area (Å²) in [5.74, 6) is 0. The molecule has 0 saturated heterocycles. The number of nitrogens with two attached hydrogens (primary N) is 1. The molecule has 0 radical (unpaired) electrons. The molecular weight excluding hydrogens is 180 g/mol. The van der Waals surface area contributed by atoms with Gasteiger partial charge in [-0.3, -0.25) is 0 Å². The molecule has 11 heavy (non-hydrogen) atoms. The number of halogens is 1. The molecule has 2 N–H and O–H groups in total. The molecule has 4 heteroatoms. The second-order valence-electron chi connectivity index (χ2n) is 2.10. The van der Waals surface area contributed by atoms with Crippen molar-refractivity contribution >= 4 is 23.4 Å². The summed E-state index contributed by atoms with van der Waals surface area (Å²) in [6, 6.07) is 0. The Hall–Kier alpha value is -0.540. The van der Waals surface area contributed by atoms with Gasteiger partial charge in [0.25, 0.3) is 0 Å². The average Bonchev–Trinajstić information content (AvgIpc) is 2.33. The van der Waals surface area contributed by atoms with Crippen molar-refractivity contribution in [2.24, 2.45) is 5.73 Å². The van der Waals surface area contributed by atoms with Crippen molar-refractivity contribution in [3.05, 3.63) is 34.1 Å². The molecule has 0 aromatic heterocycles. The van der Waals surface area contributed by atoms with E-state index in [4.69, 9.17) is 17.3 Å². The fourth-order valence-electron chi connectivity index (χ4n) is 0.724. The van der Waals surface area contributed by atoms with Gasteiger partial charge >= 0.3 is 0 Å². The number of allylic oxidation sites excluding steroid dienone is 1. The first-order chi connectivity index (χ1) is 5.13. The lowest BCUT2D eigenvalue weighted by atomic mass is 10.5. The topological polar surface area (TPSA) is 29.3 Å². The van der Waals surface area contributed by atoms with Crippen molar-refractivity contribution in [3.63, 3.8) is 0 Å². The number of hydrogen-bond acceptors (Lipinski definition) is 3. The second-order valence-corrected chi connectivity index (χ2v) is 3.49. The van der Waals surface area contributed by atoms with E-state index >= 15 is 0 Å². The Bertz CT molecular complexity index is 241. The van der Waals surface area contributed by atoms with Crippen LogP contribution < -0.4 is 5.73 Å². The Labute approximate surface area is 75.4 Å². The van der Waals surface area contributed by atoms with Gasteiger partial charge in [0.2, 0.25) is 0 Å². The Kier molecular flexibility index (Phi) is 2.52. The van der Waals surface area contributed by atoms with E-state index in [1.807, 2.05) is 23.4 Å². The molecule has 1 rings (SSSR count). The van der Waals surface area contributed by atoms with Gasteiger partial charge in [-0.1, -0.05) is 29.9 Å². The number of rotatable bonds is 1. The van der Waals surface area contributed by atoms with Gasteiger partial charge in [-0.05, 0) is 12.3 Å². The van der Waals surface area contributed by atoms with Gasteiger partial charge in [-0.15, -0.1) is 0 Å². The van der Waals surface area contributed by atoms with Crippen molar-refractivity contribution in [2.75, 3.05) is 0 Å². The SMILES string of the molecule is C=C1SC=CN1/C(C)=C(\N)Cl. The van der Waals surface area contributed by atoms with E-state index < -0.39 is 0 Å². The first kappa shape index (κ1) is 8.56. The van der Waals surface area contributed by atoms with Crippen LogP contribution in [0.15, 0.2) is 34.1 Å². The maximum Gasteiger partial charge on any atom is 0.119 e. The van der Waals surface area contributed by atoms with Crippen LogP contribution in [0.25, 0.3) is 0 Å². The third-order valence-electron chi connectivity index (χ3n) is 1.39. The summed E-state index contributed by atoms with van der Waals surface area (Å²) in [5.41, 5.74) is 6.21. The highest BCUT2D eigenvalue weighted by Crippen LogP contribution is 2.31. The maximum absolute atomic E-state index is 5.61. The van der Waals surface area contributed by atoms with E-state index in [9.17, 15) is 0 Å². The second kappa shape index (κ2) is 3.24. The van der Waals surface area contributed by atoms with Crippen LogP contribution in [0, 0.1) is 0 Å². The molecule has 0 fully saturated rings. The number of thioether (sulfide) groups is 1. The smallest absolute Gasteiger partial charge is 0.119 e. The predicted octanol–water partition coefficient (Wildman–Crippen LogP) is 2.36. The molecule has 1 aliphatic rings. The van der Waals surface area contributed by atoms with E-state index in [1.54, 1.807) is 11.8 Å². The summed E-state index contributed by atoms with van der Waals surface area (Å²) in [6.45, 7) is 5.67. The Balaban J connectivity index is 2.84. The minimum atomic E-state index is 0.304. The van der Waals surface area contributed by atoms with Crippen molar-refractivity contribution < 1.29 is 0 Å². The van der Waals surface area contributed by atoms with Crippen molar-refractivity contribution in [1.29, 1.82) is 0 Å². The van der Waals surface area contributed by atoms with Crippen LogP contribution >= 0.6 is 23.4 Å². The van der Waals surface area contributed by atoms with Gasteiger partial charge in [0.05, 0.1) is 10.7 Å². The zero-order valence-electron chi connectivity index (χ0n) is 6.17. The van der Waals surface area contributed by atoms with Crippen LogP contribution in [-0.4, -0.2) is 4.90 Å². The van der Waals surface area contributed by atoms with E-state index in [-0.39, 0.29) is 0 Å². The summed E-state index contributed by atoms with van der Waals surface area (Å²) in [5, 5.41) is 3.16. The molecule has 0 aromatic rings. The summed E-state index contributed by atoms with van der Waals surface area (Å²) >= 11 is 7.16. The molecule has 60 valence electrons. The van der Waals surface area contributed by atoms with Gasteiger partial charge in [0, 0.05) is 6.20 Å². The van der Waals surface area contributed by atoms with Crippen LogP contribution in [0.4, 0.5) is 0 Å². The van der Waals surface area contributed by atoms with Crippen molar-refractivity contribution in [1.82, 2.24) is 4.90 Å². The molecule has 1 heterocycles. The lowest BCUT2D eigenvalue weighted by molar-refractivity contribution is 0.621. The molecular formula is C7H9ClN2S. The Morgan fingerprint density at radius 2 is 2.45 bits per heavy atom. The molecule has 0 spiro atoms. The molecule has 0 unspecified atom stereocenters.